The van der Waals surface area contributed by atoms with Crippen LogP contribution in [0, 0.1) is 0 Å². The van der Waals surface area contributed by atoms with Gasteiger partial charge in [-0.05, 0) is 13.4 Å². The first kappa shape index (κ1) is 15.7. The predicted molar refractivity (Wildman–Crippen MR) is 42.3 cm³/mol. The molecule has 0 fully saturated rings. The van der Waals surface area contributed by atoms with Gasteiger partial charge < -0.3 is 9.98 Å². The average Bonchev–Trinajstić information content (AvgIpc) is 1.75. The molecule has 8 heavy (non-hydrogen) atoms. The lowest BCUT2D eigenvalue weighted by atomic mass is 11.0. The normalized spacial score (nSPS) is 4.00. The van der Waals surface area contributed by atoms with Crippen LogP contribution in [0.4, 0.5) is 0 Å². The van der Waals surface area contributed by atoms with Gasteiger partial charge in [0.25, 0.3) is 0 Å². The second kappa shape index (κ2) is 101. The van der Waals surface area contributed by atoms with Crippen molar-refractivity contribution in [2.45, 2.75) is 13.8 Å². The van der Waals surface area contributed by atoms with Gasteiger partial charge in [-0.3, -0.25) is 0 Å². The molecule has 0 bridgehead atoms. The summed E-state index contributed by atoms with van der Waals surface area (Å²) in [5.41, 5.74) is 0. The maximum atomic E-state index is 3.25. The quantitative estimate of drug-likeness (QED) is 0.430. The van der Waals surface area contributed by atoms with Gasteiger partial charge in [0, 0.05) is 14.1 Å². The fourth-order valence-corrected chi connectivity index (χ4v) is 0. The van der Waals surface area contributed by atoms with Crippen LogP contribution in [0.1, 0.15) is 13.8 Å². The van der Waals surface area contributed by atoms with Crippen molar-refractivity contribution in [3.63, 3.8) is 0 Å². The average molecular weight is 116 g/mol. The smallest absolute Gasteiger partial charge is 0.0269 e. The van der Waals surface area contributed by atoms with E-state index in [-0.39, 0.29) is 0 Å². The molecular weight excluding hydrogens is 100 g/mol. The molecule has 0 radical (unpaired) electrons. The van der Waals surface area contributed by atoms with Crippen molar-refractivity contribution >= 4 is 13.4 Å². The van der Waals surface area contributed by atoms with Gasteiger partial charge in [-0.15, -0.1) is 0 Å². The van der Waals surface area contributed by atoms with Crippen molar-refractivity contribution in [3.05, 3.63) is 0 Å². The van der Waals surface area contributed by atoms with E-state index in [0.29, 0.717) is 0 Å². The molecular formula is C6H16N2. The van der Waals surface area contributed by atoms with Gasteiger partial charge in [0.15, 0.2) is 0 Å². The summed E-state index contributed by atoms with van der Waals surface area (Å²) in [6.45, 7) is 10.2. The zero-order valence-electron chi connectivity index (χ0n) is 6.31. The van der Waals surface area contributed by atoms with Crippen LogP contribution in [-0.4, -0.2) is 27.5 Å². The first-order valence-corrected chi connectivity index (χ1v) is 2.53. The maximum absolute atomic E-state index is 3.25. The summed E-state index contributed by atoms with van der Waals surface area (Å²) in [5.74, 6) is 0. The van der Waals surface area contributed by atoms with Crippen LogP contribution in [0.25, 0.3) is 0 Å². The summed E-state index contributed by atoms with van der Waals surface area (Å²) in [7, 11) is 3.28. The molecule has 0 aliphatic heterocycles. The predicted octanol–water partition coefficient (Wildman–Crippen LogP) is 1.66. The van der Waals surface area contributed by atoms with E-state index in [1.54, 1.807) is 14.1 Å². The fourth-order valence-electron chi connectivity index (χ4n) is 0. The first-order chi connectivity index (χ1) is 3.83. The standard InChI is InChI=1S/2C2H5N.C2H6/c2*1-3-2;1-2/h2*1H2,2H3;1-2H3. The van der Waals surface area contributed by atoms with Crippen LogP contribution in [-0.2, 0) is 0 Å². The second-order valence-corrected chi connectivity index (χ2v) is 0.632. The van der Waals surface area contributed by atoms with E-state index in [9.17, 15) is 0 Å². The lowest BCUT2D eigenvalue weighted by Gasteiger charge is -1.38. The zero-order valence-corrected chi connectivity index (χ0v) is 6.31. The molecule has 0 aliphatic carbocycles. The number of aliphatic imine (C=N–C) groups is 2. The van der Waals surface area contributed by atoms with Crippen molar-refractivity contribution in [3.8, 4) is 0 Å². The van der Waals surface area contributed by atoms with Crippen molar-refractivity contribution in [2.24, 2.45) is 9.98 Å². The van der Waals surface area contributed by atoms with Gasteiger partial charge in [0.05, 0.1) is 0 Å². The van der Waals surface area contributed by atoms with Gasteiger partial charge in [-0.1, -0.05) is 13.8 Å². The first-order valence-electron chi connectivity index (χ1n) is 2.53. The van der Waals surface area contributed by atoms with Crippen molar-refractivity contribution < 1.29 is 0 Å². The monoisotopic (exact) mass is 116 g/mol. The molecule has 0 aromatic heterocycles. The maximum Gasteiger partial charge on any atom is 0.0269 e. The highest BCUT2D eigenvalue weighted by molar-refractivity contribution is 5.22. The molecule has 0 rings (SSSR count). The van der Waals surface area contributed by atoms with Crippen LogP contribution in [0.5, 0.6) is 0 Å². The summed E-state index contributed by atoms with van der Waals surface area (Å²) in [6, 6.07) is 0. The van der Waals surface area contributed by atoms with Crippen molar-refractivity contribution in [2.75, 3.05) is 14.1 Å². The summed E-state index contributed by atoms with van der Waals surface area (Å²) in [4.78, 5) is 6.50. The van der Waals surface area contributed by atoms with Gasteiger partial charge in [-0.25, -0.2) is 0 Å². The Labute approximate surface area is 52.4 Å². The Hall–Kier alpha value is -0.660. The Kier molecular flexibility index (Phi) is 197. The topological polar surface area (TPSA) is 24.7 Å². The van der Waals surface area contributed by atoms with Crippen molar-refractivity contribution in [1.82, 2.24) is 0 Å². The van der Waals surface area contributed by atoms with E-state index in [1.165, 1.54) is 0 Å². The number of hydrogen-bond donors (Lipinski definition) is 0. The van der Waals surface area contributed by atoms with Gasteiger partial charge in [-0.2, -0.15) is 0 Å². The van der Waals surface area contributed by atoms with Gasteiger partial charge in [0.1, 0.15) is 0 Å². The summed E-state index contributed by atoms with van der Waals surface area (Å²) in [6.07, 6.45) is 0. The Morgan fingerprint density at radius 3 is 0.875 bits per heavy atom. The number of hydrogen-bond acceptors (Lipinski definition) is 2. The van der Waals surface area contributed by atoms with Crippen molar-refractivity contribution in [1.29, 1.82) is 0 Å². The van der Waals surface area contributed by atoms with E-state index in [2.05, 4.69) is 23.4 Å². The summed E-state index contributed by atoms with van der Waals surface area (Å²) >= 11 is 0. The number of nitrogens with zero attached hydrogens (tertiary/aromatic N) is 2. The second-order valence-electron chi connectivity index (χ2n) is 0.632. The largest absolute Gasteiger partial charge is 0.304 e. The van der Waals surface area contributed by atoms with Crippen LogP contribution >= 0.6 is 0 Å². The van der Waals surface area contributed by atoms with E-state index in [4.69, 9.17) is 0 Å². The molecule has 0 saturated carbocycles. The lowest BCUT2D eigenvalue weighted by molar-refractivity contribution is 1.49. The molecule has 0 amide bonds. The molecule has 2 nitrogen and oxygen atoms in total. The van der Waals surface area contributed by atoms with E-state index < -0.39 is 0 Å². The molecule has 50 valence electrons. The number of rotatable bonds is 0. The van der Waals surface area contributed by atoms with Crippen LogP contribution in [0.3, 0.4) is 0 Å². The molecule has 0 heterocycles. The third-order valence-electron chi connectivity index (χ3n) is 0. The molecule has 0 atom stereocenters. The Bertz CT molecular complexity index is 27.5. The summed E-state index contributed by atoms with van der Waals surface area (Å²) in [5, 5.41) is 0. The van der Waals surface area contributed by atoms with E-state index >= 15 is 0 Å². The Morgan fingerprint density at radius 1 is 0.875 bits per heavy atom. The van der Waals surface area contributed by atoms with Gasteiger partial charge in [0.2, 0.25) is 0 Å². The molecule has 0 aromatic rings. The molecule has 0 aliphatic rings. The molecule has 0 N–H and O–H groups in total. The summed E-state index contributed by atoms with van der Waals surface area (Å²) < 4.78 is 0. The fraction of sp³-hybridized carbons (Fsp3) is 0.667. The highest BCUT2D eigenvalue weighted by Gasteiger charge is 1.09. The van der Waals surface area contributed by atoms with Crippen LogP contribution < -0.4 is 0 Å². The van der Waals surface area contributed by atoms with E-state index in [0.717, 1.165) is 0 Å². The molecule has 0 spiro atoms. The SMILES string of the molecule is C=NC.C=NC.CC. The Morgan fingerprint density at radius 2 is 0.875 bits per heavy atom. The molecule has 0 saturated heterocycles. The minimum atomic E-state index is 1.64. The van der Waals surface area contributed by atoms with Crippen LogP contribution in [0.15, 0.2) is 9.98 Å². The zero-order chi connectivity index (χ0) is 7.41. The minimum absolute atomic E-state index is 1.64. The highest BCUT2D eigenvalue weighted by Crippen LogP contribution is 1.22. The lowest BCUT2D eigenvalue weighted by Crippen LogP contribution is -1.26. The van der Waals surface area contributed by atoms with Crippen LogP contribution in [0.2, 0.25) is 0 Å². The Balaban J connectivity index is -0.0000000483. The molecule has 0 aromatic carbocycles. The van der Waals surface area contributed by atoms with Gasteiger partial charge >= 0.3 is 0 Å². The third kappa shape index (κ3) is 231. The van der Waals surface area contributed by atoms with E-state index in [1.807, 2.05) is 13.8 Å². The molecule has 0 unspecified atom stereocenters. The molecule has 2 heteroatoms. The minimum Gasteiger partial charge on any atom is -0.304 e. The third-order valence-corrected chi connectivity index (χ3v) is 0. The highest BCUT2D eigenvalue weighted by atomic mass is 14.6.